The highest BCUT2D eigenvalue weighted by atomic mass is 35.5. The Kier molecular flexibility index (Phi) is 4.88. The molecule has 0 aliphatic rings. The van der Waals surface area contributed by atoms with Crippen LogP contribution in [0.25, 0.3) is 11.1 Å². The van der Waals surface area contributed by atoms with Crippen LogP contribution < -0.4 is 5.73 Å². The molecule has 0 radical (unpaired) electrons. The van der Waals surface area contributed by atoms with Crippen molar-refractivity contribution in [2.45, 2.75) is 20.4 Å². The summed E-state index contributed by atoms with van der Waals surface area (Å²) in [5, 5.41) is 4.69. The van der Waals surface area contributed by atoms with Gasteiger partial charge in [0.05, 0.1) is 12.2 Å². The second-order valence-electron chi connectivity index (χ2n) is 5.31. The van der Waals surface area contributed by atoms with E-state index in [0.29, 0.717) is 0 Å². The van der Waals surface area contributed by atoms with Crippen molar-refractivity contribution in [2.24, 2.45) is 0 Å². The Labute approximate surface area is 137 Å². The number of aromatic nitrogens is 2. The molecule has 114 valence electrons. The van der Waals surface area contributed by atoms with Crippen LogP contribution in [-0.4, -0.2) is 9.78 Å². The molecule has 0 saturated carbocycles. The number of anilines is 1. The zero-order valence-corrected chi connectivity index (χ0v) is 13.6. The monoisotopic (exact) mass is 313 g/mol. The molecule has 3 aromatic rings. The number of nitrogen functional groups attached to an aromatic ring is 1. The zero-order valence-electron chi connectivity index (χ0n) is 12.8. The average molecular weight is 314 g/mol. The summed E-state index contributed by atoms with van der Waals surface area (Å²) in [6, 6.07) is 18.4. The van der Waals surface area contributed by atoms with Crippen molar-refractivity contribution in [1.82, 2.24) is 9.78 Å². The largest absolute Gasteiger partial charge is 0.399 e. The Morgan fingerprint density at radius 1 is 0.955 bits per heavy atom. The molecule has 1 heterocycles. The minimum atomic E-state index is 0. The Bertz CT molecular complexity index is 746. The van der Waals surface area contributed by atoms with Crippen molar-refractivity contribution in [3.63, 3.8) is 0 Å². The first-order valence-electron chi connectivity index (χ1n) is 7.09. The van der Waals surface area contributed by atoms with E-state index in [1.54, 1.807) is 0 Å². The van der Waals surface area contributed by atoms with Gasteiger partial charge in [0.2, 0.25) is 0 Å². The van der Waals surface area contributed by atoms with Gasteiger partial charge in [-0.05, 0) is 37.1 Å². The number of halogens is 1. The Hall–Kier alpha value is -2.26. The Morgan fingerprint density at radius 3 is 2.23 bits per heavy atom. The van der Waals surface area contributed by atoms with Gasteiger partial charge in [0.25, 0.3) is 0 Å². The third-order valence-electron chi connectivity index (χ3n) is 3.76. The molecule has 0 bridgehead atoms. The summed E-state index contributed by atoms with van der Waals surface area (Å²) in [4.78, 5) is 0. The van der Waals surface area contributed by atoms with Crippen LogP contribution in [0.1, 0.15) is 17.0 Å². The summed E-state index contributed by atoms with van der Waals surface area (Å²) in [5.74, 6) is 0. The lowest BCUT2D eigenvalue weighted by molar-refractivity contribution is 0.659. The molecule has 0 atom stereocenters. The van der Waals surface area contributed by atoms with E-state index in [-0.39, 0.29) is 12.4 Å². The van der Waals surface area contributed by atoms with E-state index in [9.17, 15) is 0 Å². The molecule has 0 spiro atoms. The summed E-state index contributed by atoms with van der Waals surface area (Å²) in [5.41, 5.74) is 12.4. The van der Waals surface area contributed by atoms with E-state index >= 15 is 0 Å². The Morgan fingerprint density at radius 2 is 1.59 bits per heavy atom. The highest BCUT2D eigenvalue weighted by molar-refractivity contribution is 5.85. The van der Waals surface area contributed by atoms with Crippen LogP contribution in [0, 0.1) is 13.8 Å². The van der Waals surface area contributed by atoms with Gasteiger partial charge in [-0.3, -0.25) is 4.68 Å². The summed E-state index contributed by atoms with van der Waals surface area (Å²) in [6.07, 6.45) is 0. The number of hydrogen-bond donors (Lipinski definition) is 1. The molecule has 3 nitrogen and oxygen atoms in total. The minimum absolute atomic E-state index is 0. The van der Waals surface area contributed by atoms with Crippen LogP contribution in [0.4, 0.5) is 5.69 Å². The highest BCUT2D eigenvalue weighted by Crippen LogP contribution is 2.27. The SMILES string of the molecule is Cc1nn(Cc2ccccc2)c(C)c1-c1ccc(N)cc1.Cl. The summed E-state index contributed by atoms with van der Waals surface area (Å²) < 4.78 is 2.07. The summed E-state index contributed by atoms with van der Waals surface area (Å²) >= 11 is 0. The summed E-state index contributed by atoms with van der Waals surface area (Å²) in [6.45, 7) is 4.97. The maximum absolute atomic E-state index is 5.77. The second kappa shape index (κ2) is 6.67. The number of hydrogen-bond acceptors (Lipinski definition) is 2. The molecule has 0 aliphatic heterocycles. The first-order valence-corrected chi connectivity index (χ1v) is 7.09. The lowest BCUT2D eigenvalue weighted by Gasteiger charge is -2.06. The first-order chi connectivity index (χ1) is 10.1. The number of nitrogens with two attached hydrogens (primary N) is 1. The summed E-state index contributed by atoms with van der Waals surface area (Å²) in [7, 11) is 0. The van der Waals surface area contributed by atoms with Crippen LogP contribution in [0.3, 0.4) is 0 Å². The second-order valence-corrected chi connectivity index (χ2v) is 5.31. The third-order valence-corrected chi connectivity index (χ3v) is 3.76. The average Bonchev–Trinajstić information content (AvgIpc) is 2.76. The molecular formula is C18H20ClN3. The van der Waals surface area contributed by atoms with Crippen molar-refractivity contribution < 1.29 is 0 Å². The molecule has 0 amide bonds. The lowest BCUT2D eigenvalue weighted by Crippen LogP contribution is -2.03. The predicted molar refractivity (Wildman–Crippen MR) is 94.3 cm³/mol. The van der Waals surface area contributed by atoms with Crippen LogP contribution in [0.15, 0.2) is 54.6 Å². The van der Waals surface area contributed by atoms with Crippen molar-refractivity contribution >= 4 is 18.1 Å². The standard InChI is InChI=1S/C18H19N3.ClH/c1-13-18(16-8-10-17(19)11-9-16)14(2)21(20-13)12-15-6-4-3-5-7-15;/h3-11H,12,19H2,1-2H3;1H. The topological polar surface area (TPSA) is 43.8 Å². The maximum Gasteiger partial charge on any atom is 0.0675 e. The maximum atomic E-state index is 5.77. The number of rotatable bonds is 3. The van der Waals surface area contributed by atoms with Crippen LogP contribution in [0.2, 0.25) is 0 Å². The fourth-order valence-corrected chi connectivity index (χ4v) is 2.67. The predicted octanol–water partition coefficient (Wildman–Crippen LogP) is 4.22. The fraction of sp³-hybridized carbons (Fsp3) is 0.167. The fourth-order valence-electron chi connectivity index (χ4n) is 2.67. The normalized spacial score (nSPS) is 10.3. The van der Waals surface area contributed by atoms with E-state index in [2.05, 4.69) is 60.0 Å². The van der Waals surface area contributed by atoms with Gasteiger partial charge in [-0.25, -0.2) is 0 Å². The minimum Gasteiger partial charge on any atom is -0.399 e. The van der Waals surface area contributed by atoms with Gasteiger partial charge < -0.3 is 5.73 Å². The molecule has 0 aliphatic carbocycles. The molecule has 2 N–H and O–H groups in total. The smallest absolute Gasteiger partial charge is 0.0675 e. The van der Waals surface area contributed by atoms with Gasteiger partial charge in [-0.2, -0.15) is 5.10 Å². The van der Waals surface area contributed by atoms with E-state index in [1.807, 2.05) is 18.2 Å². The van der Waals surface area contributed by atoms with Gasteiger partial charge in [0.1, 0.15) is 0 Å². The molecule has 0 saturated heterocycles. The Balaban J connectivity index is 0.00000176. The molecule has 1 aromatic heterocycles. The van der Waals surface area contributed by atoms with Gasteiger partial charge in [0.15, 0.2) is 0 Å². The highest BCUT2D eigenvalue weighted by Gasteiger charge is 2.13. The van der Waals surface area contributed by atoms with Crippen molar-refractivity contribution in [3.05, 3.63) is 71.5 Å². The van der Waals surface area contributed by atoms with E-state index in [4.69, 9.17) is 5.73 Å². The lowest BCUT2D eigenvalue weighted by atomic mass is 10.0. The van der Waals surface area contributed by atoms with Gasteiger partial charge in [-0.1, -0.05) is 42.5 Å². The molecule has 2 aromatic carbocycles. The first kappa shape index (κ1) is 16.1. The molecular weight excluding hydrogens is 294 g/mol. The van der Waals surface area contributed by atoms with Gasteiger partial charge in [-0.15, -0.1) is 12.4 Å². The molecule has 3 rings (SSSR count). The molecule has 4 heteroatoms. The van der Waals surface area contributed by atoms with Crippen LogP contribution >= 0.6 is 12.4 Å². The third kappa shape index (κ3) is 3.15. The van der Waals surface area contributed by atoms with Gasteiger partial charge >= 0.3 is 0 Å². The zero-order chi connectivity index (χ0) is 14.8. The van der Waals surface area contributed by atoms with Crippen LogP contribution in [-0.2, 0) is 6.54 Å². The van der Waals surface area contributed by atoms with Crippen molar-refractivity contribution in [2.75, 3.05) is 5.73 Å². The van der Waals surface area contributed by atoms with Crippen LogP contribution in [0.5, 0.6) is 0 Å². The van der Waals surface area contributed by atoms with Gasteiger partial charge in [0, 0.05) is 16.9 Å². The van der Waals surface area contributed by atoms with E-state index in [1.165, 1.54) is 22.4 Å². The molecule has 22 heavy (non-hydrogen) atoms. The number of benzene rings is 2. The van der Waals surface area contributed by atoms with Crippen molar-refractivity contribution in [3.8, 4) is 11.1 Å². The molecule has 0 fully saturated rings. The molecule has 0 unspecified atom stereocenters. The van der Waals surface area contributed by atoms with E-state index < -0.39 is 0 Å². The quantitative estimate of drug-likeness (QED) is 0.736. The number of nitrogens with zero attached hydrogens (tertiary/aromatic N) is 2. The van der Waals surface area contributed by atoms with E-state index in [0.717, 1.165) is 17.9 Å². The number of aryl methyl sites for hydroxylation is 1. The van der Waals surface area contributed by atoms with Crippen molar-refractivity contribution in [1.29, 1.82) is 0 Å².